The van der Waals surface area contributed by atoms with Crippen molar-refractivity contribution in [2.45, 2.75) is 18.9 Å². The number of non-ortho nitro benzene ring substituents is 1. The molecular weight excluding hydrogens is 369 g/mol. The van der Waals surface area contributed by atoms with Crippen LogP contribution in [0.25, 0.3) is 5.69 Å². The van der Waals surface area contributed by atoms with Crippen molar-refractivity contribution in [2.24, 2.45) is 0 Å². The average molecular weight is 384 g/mol. The molecule has 0 aliphatic carbocycles. The first kappa shape index (κ1) is 17.7. The largest absolute Gasteiger partial charge is 0.349 e. The number of nitrogens with zero attached hydrogens (tertiary/aromatic N) is 3. The van der Waals surface area contributed by atoms with Crippen molar-refractivity contribution >= 4 is 34.8 Å². The molecule has 0 spiro atoms. The van der Waals surface area contributed by atoms with Gasteiger partial charge in [-0.15, -0.1) is 0 Å². The molecule has 2 N–H and O–H groups in total. The van der Waals surface area contributed by atoms with Crippen molar-refractivity contribution in [2.75, 3.05) is 13.1 Å². The van der Waals surface area contributed by atoms with Crippen molar-refractivity contribution in [1.29, 1.82) is 0 Å². The molecule has 10 heteroatoms. The Balaban J connectivity index is 1.76. The van der Waals surface area contributed by atoms with Gasteiger partial charge in [0.2, 0.25) is 0 Å². The van der Waals surface area contributed by atoms with E-state index in [4.69, 9.17) is 23.2 Å². The Morgan fingerprint density at radius 3 is 2.76 bits per heavy atom. The lowest BCUT2D eigenvalue weighted by Crippen LogP contribution is -2.37. The van der Waals surface area contributed by atoms with Crippen LogP contribution in [-0.2, 0) is 0 Å². The van der Waals surface area contributed by atoms with Gasteiger partial charge in [-0.05, 0) is 25.5 Å². The maximum absolute atomic E-state index is 12.2. The molecule has 1 fully saturated rings. The third kappa shape index (κ3) is 3.92. The summed E-state index contributed by atoms with van der Waals surface area (Å²) in [5.74, 6) is -0.304. The van der Waals surface area contributed by atoms with Crippen molar-refractivity contribution in [3.63, 3.8) is 0 Å². The highest BCUT2D eigenvalue weighted by Gasteiger charge is 2.19. The van der Waals surface area contributed by atoms with Gasteiger partial charge in [0.25, 0.3) is 11.6 Å². The van der Waals surface area contributed by atoms with E-state index < -0.39 is 4.92 Å². The van der Waals surface area contributed by atoms with E-state index in [0.717, 1.165) is 19.4 Å². The van der Waals surface area contributed by atoms with Gasteiger partial charge < -0.3 is 10.6 Å². The van der Waals surface area contributed by atoms with Crippen LogP contribution in [0.3, 0.4) is 0 Å². The average Bonchev–Trinajstić information content (AvgIpc) is 3.23. The van der Waals surface area contributed by atoms with Crippen molar-refractivity contribution in [1.82, 2.24) is 20.4 Å². The zero-order valence-electron chi connectivity index (χ0n) is 13.0. The van der Waals surface area contributed by atoms with E-state index in [2.05, 4.69) is 15.7 Å². The lowest BCUT2D eigenvalue weighted by Gasteiger charge is -2.10. The van der Waals surface area contributed by atoms with Gasteiger partial charge >= 0.3 is 0 Å². The van der Waals surface area contributed by atoms with Gasteiger partial charge in [-0.25, -0.2) is 4.68 Å². The van der Waals surface area contributed by atoms with E-state index in [-0.39, 0.29) is 39.1 Å². The fraction of sp³-hybridized carbons (Fsp3) is 0.333. The van der Waals surface area contributed by atoms with Crippen LogP contribution in [0.4, 0.5) is 5.69 Å². The number of benzene rings is 1. The van der Waals surface area contributed by atoms with Gasteiger partial charge in [0, 0.05) is 30.9 Å². The Morgan fingerprint density at radius 1 is 1.44 bits per heavy atom. The van der Waals surface area contributed by atoms with Gasteiger partial charge in [0.15, 0.2) is 5.69 Å². The second kappa shape index (κ2) is 7.38. The summed E-state index contributed by atoms with van der Waals surface area (Å²) in [6.45, 7) is 1.50. The summed E-state index contributed by atoms with van der Waals surface area (Å²) < 4.78 is 1.33. The van der Waals surface area contributed by atoms with E-state index in [9.17, 15) is 14.9 Å². The SMILES string of the molecule is O=C(NCC1CCCN1)c1ccn(-c2c(Cl)cc([N+](=O)[O-])cc2Cl)n1. The summed E-state index contributed by atoms with van der Waals surface area (Å²) in [5.41, 5.74) is 0.280. The Bertz CT molecular complexity index is 794. The van der Waals surface area contributed by atoms with E-state index in [1.807, 2.05) is 0 Å². The molecule has 0 bridgehead atoms. The number of halogens is 2. The molecule has 1 aromatic carbocycles. The Kier molecular flexibility index (Phi) is 5.22. The predicted molar refractivity (Wildman–Crippen MR) is 93.6 cm³/mol. The number of nitro benzene ring substituents is 1. The molecule has 132 valence electrons. The van der Waals surface area contributed by atoms with Crippen LogP contribution in [0, 0.1) is 10.1 Å². The van der Waals surface area contributed by atoms with Crippen molar-refractivity contribution in [3.05, 3.63) is 50.2 Å². The summed E-state index contributed by atoms with van der Waals surface area (Å²) in [7, 11) is 0. The van der Waals surface area contributed by atoms with Crippen LogP contribution in [0.15, 0.2) is 24.4 Å². The second-order valence-corrected chi connectivity index (χ2v) is 6.48. The van der Waals surface area contributed by atoms with Crippen LogP contribution < -0.4 is 10.6 Å². The molecule has 1 saturated heterocycles. The zero-order valence-corrected chi connectivity index (χ0v) is 14.5. The fourth-order valence-electron chi connectivity index (χ4n) is 2.68. The Morgan fingerprint density at radius 2 is 2.16 bits per heavy atom. The van der Waals surface area contributed by atoms with Gasteiger partial charge in [-0.1, -0.05) is 23.2 Å². The Labute approximate surface area is 153 Å². The van der Waals surface area contributed by atoms with Crippen LogP contribution in [0.2, 0.25) is 10.0 Å². The summed E-state index contributed by atoms with van der Waals surface area (Å²) in [6, 6.07) is 4.20. The predicted octanol–water partition coefficient (Wildman–Crippen LogP) is 2.57. The third-order valence-corrected chi connectivity index (χ3v) is 4.51. The van der Waals surface area contributed by atoms with Crippen LogP contribution in [0.5, 0.6) is 0 Å². The minimum absolute atomic E-state index is 0.0735. The molecule has 8 nitrogen and oxygen atoms in total. The number of amides is 1. The lowest BCUT2D eigenvalue weighted by molar-refractivity contribution is -0.384. The van der Waals surface area contributed by atoms with E-state index in [1.165, 1.54) is 29.1 Å². The molecule has 2 heterocycles. The maximum Gasteiger partial charge on any atom is 0.272 e. The minimum atomic E-state index is -0.583. The molecule has 3 rings (SSSR count). The first-order valence-electron chi connectivity index (χ1n) is 7.67. The van der Waals surface area contributed by atoms with Gasteiger partial charge in [0.05, 0.1) is 15.0 Å². The quantitative estimate of drug-likeness (QED) is 0.609. The number of rotatable bonds is 5. The molecule has 0 saturated carbocycles. The van der Waals surface area contributed by atoms with Crippen LogP contribution in [0.1, 0.15) is 23.3 Å². The van der Waals surface area contributed by atoms with Crippen LogP contribution in [-0.4, -0.2) is 39.7 Å². The molecule has 2 aromatic rings. The topological polar surface area (TPSA) is 102 Å². The maximum atomic E-state index is 12.2. The molecule has 25 heavy (non-hydrogen) atoms. The highest BCUT2D eigenvalue weighted by Crippen LogP contribution is 2.32. The molecule has 1 amide bonds. The number of nitro groups is 1. The third-order valence-electron chi connectivity index (χ3n) is 3.93. The first-order chi connectivity index (χ1) is 12.0. The minimum Gasteiger partial charge on any atom is -0.349 e. The molecule has 1 unspecified atom stereocenters. The van der Waals surface area contributed by atoms with Crippen molar-refractivity contribution < 1.29 is 9.72 Å². The summed E-state index contributed by atoms with van der Waals surface area (Å²) in [6.07, 6.45) is 3.66. The standard InChI is InChI=1S/C15H15Cl2N5O3/c16-11-6-10(22(24)25)7-12(17)14(11)21-5-3-13(20-21)15(23)19-8-9-2-1-4-18-9/h3,5-7,9,18H,1-2,4,8H2,(H,19,23). The van der Waals surface area contributed by atoms with Gasteiger partial charge in [-0.3, -0.25) is 14.9 Å². The summed E-state index contributed by atoms with van der Waals surface area (Å²) >= 11 is 12.2. The second-order valence-electron chi connectivity index (χ2n) is 5.66. The summed E-state index contributed by atoms with van der Waals surface area (Å²) in [4.78, 5) is 22.4. The molecule has 1 aliphatic rings. The number of hydrogen-bond donors (Lipinski definition) is 2. The number of carbonyl (C=O) groups excluding carboxylic acids is 1. The zero-order chi connectivity index (χ0) is 18.0. The summed E-state index contributed by atoms with van der Waals surface area (Å²) in [5, 5.41) is 21.3. The number of aromatic nitrogens is 2. The van der Waals surface area contributed by atoms with Gasteiger partial charge in [0.1, 0.15) is 5.69 Å². The highest BCUT2D eigenvalue weighted by atomic mass is 35.5. The van der Waals surface area contributed by atoms with Crippen LogP contribution >= 0.6 is 23.2 Å². The molecule has 0 radical (unpaired) electrons. The normalized spacial score (nSPS) is 16.8. The monoisotopic (exact) mass is 383 g/mol. The smallest absolute Gasteiger partial charge is 0.272 e. The molecule has 1 aliphatic heterocycles. The molecule has 1 atom stereocenters. The first-order valence-corrected chi connectivity index (χ1v) is 8.42. The van der Waals surface area contributed by atoms with E-state index in [0.29, 0.717) is 6.54 Å². The highest BCUT2D eigenvalue weighted by molar-refractivity contribution is 6.38. The fourth-order valence-corrected chi connectivity index (χ4v) is 3.33. The Hall–Kier alpha value is -2.16. The van der Waals surface area contributed by atoms with E-state index in [1.54, 1.807) is 0 Å². The molecule has 1 aromatic heterocycles. The number of hydrogen-bond acceptors (Lipinski definition) is 5. The molecular formula is C15H15Cl2N5O3. The van der Waals surface area contributed by atoms with Gasteiger partial charge in [-0.2, -0.15) is 5.10 Å². The number of nitrogens with one attached hydrogen (secondary N) is 2. The number of carbonyl (C=O) groups is 1. The van der Waals surface area contributed by atoms with Crippen molar-refractivity contribution in [3.8, 4) is 5.69 Å². The van der Waals surface area contributed by atoms with E-state index >= 15 is 0 Å². The lowest BCUT2D eigenvalue weighted by atomic mass is 10.2.